The maximum Gasteiger partial charge on any atom is 0.156 e. The zero-order valence-corrected chi connectivity index (χ0v) is 11.2. The highest BCUT2D eigenvalue weighted by Crippen LogP contribution is 2.42. The first-order valence-corrected chi connectivity index (χ1v) is 5.82. The lowest BCUT2D eigenvalue weighted by Crippen LogP contribution is -2.48. The Kier molecular flexibility index (Phi) is 3.93. The Morgan fingerprint density at radius 3 is 2.61 bits per heavy atom. The Morgan fingerprint density at radius 2 is 2.11 bits per heavy atom. The molecule has 0 aromatic heterocycles. The Morgan fingerprint density at radius 1 is 1.50 bits per heavy atom. The standard InChI is InChI=1S/C15H18O3/c1-11(6-8-16)5-7-15(18)12(2)9-13(17)10-14(15,3)4/h6,8-9,18H,10H2,1-4H3/b11-6-. The summed E-state index contributed by atoms with van der Waals surface area (Å²) in [6, 6.07) is 0. The molecular formula is C15H18O3. The summed E-state index contributed by atoms with van der Waals surface area (Å²) >= 11 is 0. The van der Waals surface area contributed by atoms with Gasteiger partial charge in [-0.15, -0.1) is 0 Å². The van der Waals surface area contributed by atoms with Gasteiger partial charge in [-0.25, -0.2) is 0 Å². The van der Waals surface area contributed by atoms with Gasteiger partial charge in [-0.2, -0.15) is 0 Å². The third kappa shape index (κ3) is 2.60. The highest BCUT2D eigenvalue weighted by molar-refractivity contribution is 5.93. The van der Waals surface area contributed by atoms with E-state index in [1.165, 1.54) is 12.2 Å². The number of allylic oxidation sites excluding steroid dienone is 3. The molecule has 0 saturated heterocycles. The van der Waals surface area contributed by atoms with Crippen LogP contribution in [0.5, 0.6) is 0 Å². The molecule has 1 unspecified atom stereocenters. The van der Waals surface area contributed by atoms with Gasteiger partial charge in [0.05, 0.1) is 0 Å². The van der Waals surface area contributed by atoms with Crippen LogP contribution < -0.4 is 0 Å². The summed E-state index contributed by atoms with van der Waals surface area (Å²) in [5.41, 5.74) is -0.843. The van der Waals surface area contributed by atoms with Crippen LogP contribution in [0.25, 0.3) is 0 Å². The molecule has 1 aliphatic carbocycles. The van der Waals surface area contributed by atoms with Crippen molar-refractivity contribution in [2.45, 2.75) is 39.7 Å². The summed E-state index contributed by atoms with van der Waals surface area (Å²) in [6.07, 6.45) is 3.70. The van der Waals surface area contributed by atoms with Crippen molar-refractivity contribution >= 4 is 12.1 Å². The van der Waals surface area contributed by atoms with Crippen LogP contribution in [0.15, 0.2) is 23.3 Å². The molecular weight excluding hydrogens is 228 g/mol. The number of aldehydes is 1. The van der Waals surface area contributed by atoms with E-state index in [1.807, 2.05) is 13.8 Å². The minimum atomic E-state index is -1.33. The van der Waals surface area contributed by atoms with Gasteiger partial charge in [0.1, 0.15) is 6.29 Å². The summed E-state index contributed by atoms with van der Waals surface area (Å²) < 4.78 is 0. The van der Waals surface area contributed by atoms with Crippen molar-refractivity contribution in [2.75, 3.05) is 0 Å². The van der Waals surface area contributed by atoms with E-state index >= 15 is 0 Å². The minimum absolute atomic E-state index is 0.00382. The van der Waals surface area contributed by atoms with Crippen molar-refractivity contribution in [3.63, 3.8) is 0 Å². The molecule has 96 valence electrons. The van der Waals surface area contributed by atoms with Gasteiger partial charge in [-0.1, -0.05) is 25.7 Å². The first-order valence-electron chi connectivity index (χ1n) is 5.82. The van der Waals surface area contributed by atoms with E-state index in [9.17, 15) is 14.7 Å². The summed E-state index contributed by atoms with van der Waals surface area (Å²) in [6.45, 7) is 7.03. The number of ketones is 1. The molecule has 1 N–H and O–H groups in total. The van der Waals surface area contributed by atoms with Crippen LogP contribution in [0, 0.1) is 17.3 Å². The van der Waals surface area contributed by atoms with E-state index in [4.69, 9.17) is 0 Å². The van der Waals surface area contributed by atoms with E-state index in [-0.39, 0.29) is 12.2 Å². The Hall–Kier alpha value is -1.66. The third-order valence-corrected chi connectivity index (χ3v) is 3.30. The van der Waals surface area contributed by atoms with Crippen molar-refractivity contribution in [3.05, 3.63) is 23.3 Å². The predicted molar refractivity (Wildman–Crippen MR) is 69.7 cm³/mol. The molecule has 0 fully saturated rings. The van der Waals surface area contributed by atoms with Crippen LogP contribution in [0.2, 0.25) is 0 Å². The molecule has 0 saturated carbocycles. The molecule has 3 nitrogen and oxygen atoms in total. The maximum absolute atomic E-state index is 11.5. The molecule has 3 heteroatoms. The summed E-state index contributed by atoms with van der Waals surface area (Å²) in [7, 11) is 0. The normalized spacial score (nSPS) is 27.1. The Labute approximate surface area is 108 Å². The molecule has 1 atom stereocenters. The smallest absolute Gasteiger partial charge is 0.156 e. The van der Waals surface area contributed by atoms with E-state index < -0.39 is 11.0 Å². The molecule has 0 spiro atoms. The van der Waals surface area contributed by atoms with Crippen molar-refractivity contribution < 1.29 is 14.7 Å². The van der Waals surface area contributed by atoms with Gasteiger partial charge in [0.15, 0.2) is 11.4 Å². The summed E-state index contributed by atoms with van der Waals surface area (Å²) in [4.78, 5) is 21.8. The molecule has 0 radical (unpaired) electrons. The van der Waals surface area contributed by atoms with E-state index in [2.05, 4.69) is 11.8 Å². The van der Waals surface area contributed by atoms with Crippen molar-refractivity contribution in [3.8, 4) is 11.8 Å². The molecule has 0 aliphatic heterocycles. The van der Waals surface area contributed by atoms with Crippen molar-refractivity contribution in [2.24, 2.45) is 5.41 Å². The van der Waals surface area contributed by atoms with Crippen LogP contribution in [0.4, 0.5) is 0 Å². The maximum atomic E-state index is 11.5. The second kappa shape index (κ2) is 4.91. The second-order valence-corrected chi connectivity index (χ2v) is 5.30. The van der Waals surface area contributed by atoms with Gasteiger partial charge >= 0.3 is 0 Å². The molecule has 1 aliphatic rings. The predicted octanol–water partition coefficient (Wildman–Crippen LogP) is 1.81. The minimum Gasteiger partial charge on any atom is -0.373 e. The first-order chi connectivity index (χ1) is 8.23. The van der Waals surface area contributed by atoms with Crippen LogP contribution in [-0.4, -0.2) is 22.8 Å². The number of carbonyl (C=O) groups is 2. The topological polar surface area (TPSA) is 54.4 Å². The molecule has 0 bridgehead atoms. The first kappa shape index (κ1) is 14.4. The van der Waals surface area contributed by atoms with Crippen molar-refractivity contribution in [1.82, 2.24) is 0 Å². The van der Waals surface area contributed by atoms with E-state index in [1.54, 1.807) is 13.8 Å². The zero-order chi connectivity index (χ0) is 14.0. The van der Waals surface area contributed by atoms with Crippen LogP contribution >= 0.6 is 0 Å². The molecule has 0 aromatic rings. The van der Waals surface area contributed by atoms with Crippen LogP contribution in [0.1, 0.15) is 34.1 Å². The number of carbonyl (C=O) groups excluding carboxylic acids is 2. The fourth-order valence-electron chi connectivity index (χ4n) is 2.09. The highest BCUT2D eigenvalue weighted by atomic mass is 16.3. The average Bonchev–Trinajstić information content (AvgIpc) is 2.23. The molecule has 18 heavy (non-hydrogen) atoms. The number of hydrogen-bond donors (Lipinski definition) is 1. The monoisotopic (exact) mass is 246 g/mol. The van der Waals surface area contributed by atoms with Gasteiger partial charge in [-0.05, 0) is 31.6 Å². The van der Waals surface area contributed by atoms with Crippen molar-refractivity contribution in [1.29, 1.82) is 0 Å². The quantitative estimate of drug-likeness (QED) is 0.436. The van der Waals surface area contributed by atoms with Gasteiger partial charge < -0.3 is 5.11 Å². The van der Waals surface area contributed by atoms with Gasteiger partial charge in [0.2, 0.25) is 0 Å². The van der Waals surface area contributed by atoms with Crippen LogP contribution in [-0.2, 0) is 9.59 Å². The molecule has 1 rings (SSSR count). The van der Waals surface area contributed by atoms with E-state index in [0.717, 1.165) is 0 Å². The van der Waals surface area contributed by atoms with Gasteiger partial charge in [0, 0.05) is 17.4 Å². The van der Waals surface area contributed by atoms with Gasteiger partial charge in [-0.3, -0.25) is 9.59 Å². The van der Waals surface area contributed by atoms with Crippen LogP contribution in [0.3, 0.4) is 0 Å². The number of hydrogen-bond acceptors (Lipinski definition) is 3. The summed E-state index contributed by atoms with van der Waals surface area (Å²) in [5, 5.41) is 10.7. The van der Waals surface area contributed by atoms with E-state index in [0.29, 0.717) is 17.4 Å². The molecule has 0 aromatic carbocycles. The fourth-order valence-corrected chi connectivity index (χ4v) is 2.09. The second-order valence-electron chi connectivity index (χ2n) is 5.30. The number of rotatable bonds is 1. The lowest BCUT2D eigenvalue weighted by Gasteiger charge is -2.42. The average molecular weight is 246 g/mol. The third-order valence-electron chi connectivity index (χ3n) is 3.30. The number of aliphatic hydroxyl groups is 1. The largest absolute Gasteiger partial charge is 0.373 e. The fraction of sp³-hybridized carbons (Fsp3) is 0.467. The lowest BCUT2D eigenvalue weighted by atomic mass is 9.65. The van der Waals surface area contributed by atoms with Gasteiger partial charge in [0.25, 0.3) is 0 Å². The Bertz CT molecular complexity index is 498. The molecule has 0 heterocycles. The molecule has 0 amide bonds. The lowest BCUT2D eigenvalue weighted by molar-refractivity contribution is -0.121. The Balaban J connectivity index is 3.25. The highest BCUT2D eigenvalue weighted by Gasteiger charge is 2.47. The summed E-state index contributed by atoms with van der Waals surface area (Å²) in [5.74, 6) is 5.58. The zero-order valence-electron chi connectivity index (χ0n) is 11.2. The SMILES string of the molecule is CC1=CC(=O)CC(C)(C)C1(O)C#C/C(C)=C\C=O.